The second-order valence-electron chi connectivity index (χ2n) is 1.85. The molecule has 0 spiro atoms. The number of nitrogens with one attached hydrogen (secondary N) is 1. The maximum absolute atomic E-state index is 9.11. The minimum Gasteiger partial charge on any atom is -0.507 e. The van der Waals surface area contributed by atoms with Gasteiger partial charge in [-0.15, -0.1) is 0 Å². The molecule has 0 amide bonds. The van der Waals surface area contributed by atoms with Gasteiger partial charge in [-0.2, -0.15) is 0 Å². The van der Waals surface area contributed by atoms with E-state index in [0.717, 1.165) is 10.7 Å². The van der Waals surface area contributed by atoms with Crippen molar-refractivity contribution in [2.45, 2.75) is 0 Å². The first kappa shape index (κ1) is 7.28. The van der Waals surface area contributed by atoms with Crippen molar-refractivity contribution in [1.29, 1.82) is 5.41 Å². The van der Waals surface area contributed by atoms with Crippen LogP contribution in [0.1, 0.15) is 5.56 Å². The number of hydrogen-bond acceptors (Lipinski definition) is 2. The molecule has 0 unspecified atom stereocenters. The summed E-state index contributed by atoms with van der Waals surface area (Å²) in [7, 11) is 0. The third-order valence-corrected chi connectivity index (χ3v) is 1.64. The number of hydrogen-bond donors (Lipinski definition) is 2. The molecule has 0 bridgehead atoms. The molecule has 0 heterocycles. The summed E-state index contributed by atoms with van der Waals surface area (Å²) in [6, 6.07) is 5.01. The predicted molar refractivity (Wildman–Crippen MR) is 43.7 cm³/mol. The molecular formula is C7H6BrNO. The predicted octanol–water partition coefficient (Wildman–Crippen LogP) is 2.15. The first-order chi connectivity index (χ1) is 4.74. The van der Waals surface area contributed by atoms with Crippen molar-refractivity contribution in [2.24, 2.45) is 0 Å². The number of halogens is 1. The molecule has 1 aromatic carbocycles. The van der Waals surface area contributed by atoms with E-state index in [1.807, 2.05) is 0 Å². The fourth-order valence-corrected chi connectivity index (χ4v) is 0.988. The van der Waals surface area contributed by atoms with Crippen molar-refractivity contribution in [3.8, 4) is 5.75 Å². The first-order valence-corrected chi connectivity index (χ1v) is 3.52. The molecule has 0 fully saturated rings. The van der Waals surface area contributed by atoms with Crippen LogP contribution < -0.4 is 0 Å². The molecule has 0 saturated carbocycles. The molecule has 0 aliphatic rings. The molecule has 52 valence electrons. The highest BCUT2D eigenvalue weighted by Crippen LogP contribution is 2.20. The second-order valence-corrected chi connectivity index (χ2v) is 2.76. The molecule has 0 aliphatic heterocycles. The quantitative estimate of drug-likeness (QED) is 0.670. The van der Waals surface area contributed by atoms with Crippen molar-refractivity contribution in [1.82, 2.24) is 0 Å². The fraction of sp³-hybridized carbons (Fsp3) is 0. The van der Waals surface area contributed by atoms with E-state index in [0.29, 0.717) is 5.56 Å². The third-order valence-electron chi connectivity index (χ3n) is 1.15. The smallest absolute Gasteiger partial charge is 0.125 e. The van der Waals surface area contributed by atoms with E-state index in [9.17, 15) is 0 Å². The van der Waals surface area contributed by atoms with Crippen LogP contribution in [0.25, 0.3) is 0 Å². The van der Waals surface area contributed by atoms with E-state index in [1.165, 1.54) is 0 Å². The van der Waals surface area contributed by atoms with Crippen LogP contribution >= 0.6 is 15.9 Å². The Morgan fingerprint density at radius 3 is 2.70 bits per heavy atom. The maximum atomic E-state index is 9.11. The molecule has 1 rings (SSSR count). The van der Waals surface area contributed by atoms with Crippen molar-refractivity contribution in [3.05, 3.63) is 28.2 Å². The zero-order valence-corrected chi connectivity index (χ0v) is 6.72. The molecule has 0 aromatic heterocycles. The third kappa shape index (κ3) is 1.36. The van der Waals surface area contributed by atoms with Crippen LogP contribution in [-0.2, 0) is 0 Å². The lowest BCUT2D eigenvalue weighted by Crippen LogP contribution is -1.79. The van der Waals surface area contributed by atoms with Crippen molar-refractivity contribution < 1.29 is 5.11 Å². The van der Waals surface area contributed by atoms with Gasteiger partial charge in [0.05, 0.1) is 0 Å². The molecule has 10 heavy (non-hydrogen) atoms. The minimum atomic E-state index is 0.129. The zero-order valence-electron chi connectivity index (χ0n) is 5.13. The van der Waals surface area contributed by atoms with Gasteiger partial charge >= 0.3 is 0 Å². The van der Waals surface area contributed by atoms with Gasteiger partial charge in [0.15, 0.2) is 0 Å². The molecule has 0 radical (unpaired) electrons. The molecular weight excluding hydrogens is 194 g/mol. The molecule has 0 atom stereocenters. The Morgan fingerprint density at radius 2 is 2.20 bits per heavy atom. The Hall–Kier alpha value is -0.830. The molecule has 2 N–H and O–H groups in total. The minimum absolute atomic E-state index is 0.129. The average molecular weight is 200 g/mol. The Balaban J connectivity index is 3.19. The van der Waals surface area contributed by atoms with Crippen LogP contribution in [0.15, 0.2) is 22.7 Å². The monoisotopic (exact) mass is 199 g/mol. The van der Waals surface area contributed by atoms with E-state index in [4.69, 9.17) is 10.5 Å². The summed E-state index contributed by atoms with van der Waals surface area (Å²) >= 11 is 3.19. The van der Waals surface area contributed by atoms with Crippen LogP contribution in [-0.4, -0.2) is 11.3 Å². The van der Waals surface area contributed by atoms with Gasteiger partial charge in [0.1, 0.15) is 5.75 Å². The largest absolute Gasteiger partial charge is 0.507 e. The Bertz CT molecular complexity index is 260. The SMILES string of the molecule is N=Cc1ccc(Br)cc1O. The van der Waals surface area contributed by atoms with Crippen LogP contribution in [0.5, 0.6) is 5.75 Å². The normalized spacial score (nSPS) is 9.30. The number of phenols is 1. The van der Waals surface area contributed by atoms with E-state index in [-0.39, 0.29) is 5.75 Å². The van der Waals surface area contributed by atoms with Crippen molar-refractivity contribution in [2.75, 3.05) is 0 Å². The summed E-state index contributed by atoms with van der Waals surface area (Å²) in [6.45, 7) is 0. The highest BCUT2D eigenvalue weighted by molar-refractivity contribution is 9.10. The Kier molecular flexibility index (Phi) is 2.06. The Labute approximate surface area is 67.1 Å². The molecule has 3 heteroatoms. The number of phenolic OH excluding ortho intramolecular Hbond substituents is 1. The number of rotatable bonds is 1. The lowest BCUT2D eigenvalue weighted by atomic mass is 10.2. The van der Waals surface area contributed by atoms with Crippen LogP contribution in [0.4, 0.5) is 0 Å². The van der Waals surface area contributed by atoms with Crippen LogP contribution in [0.3, 0.4) is 0 Å². The van der Waals surface area contributed by atoms with Crippen LogP contribution in [0.2, 0.25) is 0 Å². The highest BCUT2D eigenvalue weighted by atomic mass is 79.9. The van der Waals surface area contributed by atoms with Gasteiger partial charge in [0, 0.05) is 16.3 Å². The van der Waals surface area contributed by atoms with Crippen molar-refractivity contribution in [3.63, 3.8) is 0 Å². The lowest BCUT2D eigenvalue weighted by molar-refractivity contribution is 0.474. The van der Waals surface area contributed by atoms with E-state index in [1.54, 1.807) is 18.2 Å². The molecule has 1 aromatic rings. The number of aromatic hydroxyl groups is 1. The lowest BCUT2D eigenvalue weighted by Gasteiger charge is -1.96. The first-order valence-electron chi connectivity index (χ1n) is 2.73. The number of benzene rings is 1. The topological polar surface area (TPSA) is 44.1 Å². The standard InChI is InChI=1S/C7H6BrNO/c8-6-2-1-5(4-9)7(10)3-6/h1-4,9-10H. The Morgan fingerprint density at radius 1 is 1.50 bits per heavy atom. The summed E-state index contributed by atoms with van der Waals surface area (Å²) in [5.74, 6) is 0.129. The summed E-state index contributed by atoms with van der Waals surface area (Å²) < 4.78 is 0.815. The average Bonchev–Trinajstić information content (AvgIpc) is 1.88. The van der Waals surface area contributed by atoms with Gasteiger partial charge in [-0.1, -0.05) is 15.9 Å². The van der Waals surface area contributed by atoms with Gasteiger partial charge in [0.25, 0.3) is 0 Å². The van der Waals surface area contributed by atoms with Crippen molar-refractivity contribution >= 4 is 22.1 Å². The highest BCUT2D eigenvalue weighted by Gasteiger charge is 1.96. The van der Waals surface area contributed by atoms with Gasteiger partial charge < -0.3 is 10.5 Å². The van der Waals surface area contributed by atoms with E-state index < -0.39 is 0 Å². The zero-order chi connectivity index (χ0) is 7.56. The van der Waals surface area contributed by atoms with Gasteiger partial charge in [-0.3, -0.25) is 0 Å². The summed E-state index contributed by atoms with van der Waals surface area (Å²) in [5, 5.41) is 16.0. The van der Waals surface area contributed by atoms with Gasteiger partial charge in [0.2, 0.25) is 0 Å². The maximum Gasteiger partial charge on any atom is 0.125 e. The molecule has 0 saturated heterocycles. The van der Waals surface area contributed by atoms with Crippen LogP contribution in [0, 0.1) is 5.41 Å². The second kappa shape index (κ2) is 2.84. The summed E-state index contributed by atoms with van der Waals surface area (Å²) in [5.41, 5.74) is 0.531. The van der Waals surface area contributed by atoms with Gasteiger partial charge in [-0.25, -0.2) is 0 Å². The summed E-state index contributed by atoms with van der Waals surface area (Å²) in [4.78, 5) is 0. The molecule has 0 aliphatic carbocycles. The summed E-state index contributed by atoms with van der Waals surface area (Å²) in [6.07, 6.45) is 1.11. The van der Waals surface area contributed by atoms with E-state index >= 15 is 0 Å². The molecule has 2 nitrogen and oxygen atoms in total. The van der Waals surface area contributed by atoms with Gasteiger partial charge in [-0.05, 0) is 18.2 Å². The fourth-order valence-electron chi connectivity index (χ4n) is 0.639. The van der Waals surface area contributed by atoms with E-state index in [2.05, 4.69) is 15.9 Å².